The third kappa shape index (κ3) is 8.29. The average Bonchev–Trinajstić information content (AvgIpc) is 2.51. The molecule has 6 heteroatoms. The van der Waals surface area contributed by atoms with E-state index in [4.69, 9.17) is 14.9 Å². The van der Waals surface area contributed by atoms with E-state index in [1.165, 1.54) is 0 Å². The first-order chi connectivity index (χ1) is 10.3. The lowest BCUT2D eigenvalue weighted by Gasteiger charge is -2.20. The van der Waals surface area contributed by atoms with Crippen LogP contribution >= 0.6 is 0 Å². The fourth-order valence-corrected chi connectivity index (χ4v) is 1.86. The Labute approximate surface area is 125 Å². The molecule has 0 aromatic heterocycles. The van der Waals surface area contributed by atoms with Crippen molar-refractivity contribution in [2.45, 2.75) is 13.0 Å². The Morgan fingerprint density at radius 2 is 1.86 bits per heavy atom. The van der Waals surface area contributed by atoms with Crippen molar-refractivity contribution >= 4 is 6.09 Å². The standard InChI is InChI=1S/C15H24N2O4/c18-11-4-8-17(10-12-19)9-7-16-15(20)21-13-14-5-2-1-3-6-14/h1-3,5-6,18-19H,4,7-13H2,(H,16,20). The predicted molar refractivity (Wildman–Crippen MR) is 79.9 cm³/mol. The number of rotatable bonds is 10. The van der Waals surface area contributed by atoms with Crippen LogP contribution in [-0.2, 0) is 11.3 Å². The maximum absolute atomic E-state index is 11.5. The minimum atomic E-state index is -0.454. The van der Waals surface area contributed by atoms with Gasteiger partial charge in [0.2, 0.25) is 0 Å². The molecule has 1 amide bonds. The Kier molecular flexibility index (Phi) is 9.19. The van der Waals surface area contributed by atoms with Gasteiger partial charge < -0.3 is 20.3 Å². The molecule has 0 heterocycles. The number of nitrogens with one attached hydrogen (secondary N) is 1. The Morgan fingerprint density at radius 1 is 1.10 bits per heavy atom. The number of alkyl carbamates (subject to hydrolysis) is 1. The Morgan fingerprint density at radius 3 is 2.52 bits per heavy atom. The van der Waals surface area contributed by atoms with Crippen LogP contribution in [0, 0.1) is 0 Å². The molecule has 1 aromatic rings. The summed E-state index contributed by atoms with van der Waals surface area (Å²) in [5.74, 6) is 0. The van der Waals surface area contributed by atoms with Crippen molar-refractivity contribution in [2.75, 3.05) is 39.4 Å². The van der Waals surface area contributed by atoms with Crippen molar-refractivity contribution in [2.24, 2.45) is 0 Å². The Bertz CT molecular complexity index is 387. The number of hydrogen-bond donors (Lipinski definition) is 3. The van der Waals surface area contributed by atoms with Gasteiger partial charge in [-0.05, 0) is 12.0 Å². The number of aliphatic hydroxyl groups is 2. The maximum Gasteiger partial charge on any atom is 0.407 e. The predicted octanol–water partition coefficient (Wildman–Crippen LogP) is 0.589. The van der Waals surface area contributed by atoms with Crippen LogP contribution in [0.15, 0.2) is 30.3 Å². The molecule has 0 radical (unpaired) electrons. The highest BCUT2D eigenvalue weighted by atomic mass is 16.5. The van der Waals surface area contributed by atoms with Crippen LogP contribution in [0.25, 0.3) is 0 Å². The summed E-state index contributed by atoms with van der Waals surface area (Å²) in [5.41, 5.74) is 0.942. The largest absolute Gasteiger partial charge is 0.445 e. The van der Waals surface area contributed by atoms with Gasteiger partial charge in [-0.1, -0.05) is 30.3 Å². The van der Waals surface area contributed by atoms with Gasteiger partial charge in [-0.25, -0.2) is 4.79 Å². The molecule has 21 heavy (non-hydrogen) atoms. The fraction of sp³-hybridized carbons (Fsp3) is 0.533. The molecule has 0 unspecified atom stereocenters. The number of benzene rings is 1. The van der Waals surface area contributed by atoms with Crippen LogP contribution in [0.3, 0.4) is 0 Å². The highest BCUT2D eigenvalue weighted by Gasteiger charge is 2.06. The van der Waals surface area contributed by atoms with Crippen molar-refractivity contribution in [3.05, 3.63) is 35.9 Å². The molecule has 0 atom stereocenters. The molecule has 1 aromatic carbocycles. The minimum Gasteiger partial charge on any atom is -0.445 e. The number of ether oxygens (including phenoxy) is 1. The van der Waals surface area contributed by atoms with Gasteiger partial charge in [0, 0.05) is 32.8 Å². The molecule has 0 aliphatic rings. The minimum absolute atomic E-state index is 0.0594. The lowest BCUT2D eigenvalue weighted by atomic mass is 10.2. The summed E-state index contributed by atoms with van der Waals surface area (Å²) in [4.78, 5) is 13.5. The molecular formula is C15H24N2O4. The molecule has 0 fully saturated rings. The first-order valence-electron chi connectivity index (χ1n) is 7.15. The van der Waals surface area contributed by atoms with Crippen molar-refractivity contribution < 1.29 is 19.7 Å². The van der Waals surface area contributed by atoms with E-state index in [-0.39, 0.29) is 19.8 Å². The van der Waals surface area contributed by atoms with Crippen LogP contribution in [0.1, 0.15) is 12.0 Å². The molecule has 0 saturated carbocycles. The average molecular weight is 296 g/mol. The van der Waals surface area contributed by atoms with E-state index in [2.05, 4.69) is 5.32 Å². The van der Waals surface area contributed by atoms with E-state index in [1.54, 1.807) is 0 Å². The van der Waals surface area contributed by atoms with E-state index in [1.807, 2.05) is 35.2 Å². The quantitative estimate of drug-likeness (QED) is 0.589. The number of amides is 1. The third-order valence-electron chi connectivity index (χ3n) is 2.96. The molecule has 118 valence electrons. The number of aliphatic hydroxyl groups excluding tert-OH is 2. The molecule has 6 nitrogen and oxygen atoms in total. The Balaban J connectivity index is 2.16. The van der Waals surface area contributed by atoms with Gasteiger partial charge in [-0.15, -0.1) is 0 Å². The second kappa shape index (κ2) is 11.1. The summed E-state index contributed by atoms with van der Waals surface area (Å²) in [5, 5.41) is 20.4. The smallest absolute Gasteiger partial charge is 0.407 e. The zero-order chi connectivity index (χ0) is 15.3. The Hall–Kier alpha value is -1.63. The van der Waals surface area contributed by atoms with Crippen molar-refractivity contribution in [1.82, 2.24) is 10.2 Å². The summed E-state index contributed by atoms with van der Waals surface area (Å²) in [7, 11) is 0. The van der Waals surface area contributed by atoms with Crippen molar-refractivity contribution in [3.63, 3.8) is 0 Å². The molecule has 0 spiro atoms. The number of carbonyl (C=O) groups is 1. The molecule has 3 N–H and O–H groups in total. The third-order valence-corrected chi connectivity index (χ3v) is 2.96. The number of hydrogen-bond acceptors (Lipinski definition) is 5. The highest BCUT2D eigenvalue weighted by molar-refractivity contribution is 5.67. The fourth-order valence-electron chi connectivity index (χ4n) is 1.86. The van der Waals surface area contributed by atoms with Gasteiger partial charge in [0.05, 0.1) is 6.61 Å². The summed E-state index contributed by atoms with van der Waals surface area (Å²) in [6, 6.07) is 9.48. The monoisotopic (exact) mass is 296 g/mol. The van der Waals surface area contributed by atoms with Gasteiger partial charge in [0.15, 0.2) is 0 Å². The summed E-state index contributed by atoms with van der Waals surface area (Å²) in [6.45, 7) is 2.70. The first-order valence-corrected chi connectivity index (χ1v) is 7.15. The van der Waals surface area contributed by atoms with Gasteiger partial charge >= 0.3 is 6.09 Å². The van der Waals surface area contributed by atoms with Crippen LogP contribution < -0.4 is 5.32 Å². The van der Waals surface area contributed by atoms with Gasteiger partial charge in [0.1, 0.15) is 6.61 Å². The van der Waals surface area contributed by atoms with E-state index >= 15 is 0 Å². The maximum atomic E-state index is 11.5. The van der Waals surface area contributed by atoms with Gasteiger partial charge in [-0.2, -0.15) is 0 Å². The van der Waals surface area contributed by atoms with E-state index in [0.29, 0.717) is 32.6 Å². The number of nitrogens with zero attached hydrogens (tertiary/aromatic N) is 1. The van der Waals surface area contributed by atoms with Crippen LogP contribution in [0.2, 0.25) is 0 Å². The van der Waals surface area contributed by atoms with E-state index in [9.17, 15) is 4.79 Å². The van der Waals surface area contributed by atoms with Crippen LogP contribution in [0.4, 0.5) is 4.79 Å². The zero-order valence-corrected chi connectivity index (χ0v) is 12.2. The normalized spacial score (nSPS) is 10.6. The second-order valence-electron chi connectivity index (χ2n) is 4.63. The molecule has 0 aliphatic heterocycles. The topological polar surface area (TPSA) is 82.0 Å². The molecule has 0 aliphatic carbocycles. The van der Waals surface area contributed by atoms with Gasteiger partial charge in [-0.3, -0.25) is 4.90 Å². The summed E-state index contributed by atoms with van der Waals surface area (Å²) < 4.78 is 5.09. The van der Waals surface area contributed by atoms with Crippen molar-refractivity contribution in [1.29, 1.82) is 0 Å². The summed E-state index contributed by atoms with van der Waals surface area (Å²) in [6.07, 6.45) is 0.198. The molecule has 0 saturated heterocycles. The van der Waals surface area contributed by atoms with Crippen molar-refractivity contribution in [3.8, 4) is 0 Å². The first kappa shape index (κ1) is 17.4. The number of carbonyl (C=O) groups excluding carboxylic acids is 1. The molecular weight excluding hydrogens is 272 g/mol. The molecule has 1 rings (SSSR count). The lowest BCUT2D eigenvalue weighted by molar-refractivity contribution is 0.136. The van der Waals surface area contributed by atoms with Crippen LogP contribution in [0.5, 0.6) is 0 Å². The molecule has 0 bridgehead atoms. The van der Waals surface area contributed by atoms with Crippen LogP contribution in [-0.4, -0.2) is 60.6 Å². The SMILES string of the molecule is O=C(NCCN(CCO)CCCO)OCc1ccccc1. The van der Waals surface area contributed by atoms with Gasteiger partial charge in [0.25, 0.3) is 0 Å². The van der Waals surface area contributed by atoms with E-state index in [0.717, 1.165) is 5.56 Å². The lowest BCUT2D eigenvalue weighted by Crippen LogP contribution is -2.37. The highest BCUT2D eigenvalue weighted by Crippen LogP contribution is 2.00. The summed E-state index contributed by atoms with van der Waals surface area (Å²) >= 11 is 0. The zero-order valence-electron chi connectivity index (χ0n) is 12.2. The van der Waals surface area contributed by atoms with E-state index < -0.39 is 6.09 Å². The second-order valence-corrected chi connectivity index (χ2v) is 4.63.